The van der Waals surface area contributed by atoms with Crippen molar-refractivity contribution < 1.29 is 4.79 Å². The molecule has 0 atom stereocenters. The Morgan fingerprint density at radius 1 is 1.08 bits per heavy atom. The molecule has 1 aliphatic rings. The summed E-state index contributed by atoms with van der Waals surface area (Å²) in [6.45, 7) is 1.60. The highest BCUT2D eigenvalue weighted by atomic mass is 35.5. The van der Waals surface area contributed by atoms with Crippen molar-refractivity contribution in [1.29, 1.82) is 0 Å². The molecule has 1 amide bonds. The monoisotopic (exact) mass is 370 g/mol. The van der Waals surface area contributed by atoms with E-state index < -0.39 is 0 Å². The van der Waals surface area contributed by atoms with E-state index in [9.17, 15) is 4.79 Å². The van der Waals surface area contributed by atoms with Gasteiger partial charge in [-0.25, -0.2) is 0 Å². The average Bonchev–Trinajstić information content (AvgIpc) is 3.08. The van der Waals surface area contributed by atoms with Gasteiger partial charge in [0.1, 0.15) is 0 Å². The Kier molecular flexibility index (Phi) is 8.76. The van der Waals surface area contributed by atoms with Crippen LogP contribution >= 0.6 is 23.2 Å². The topological polar surface area (TPSA) is 32.3 Å². The van der Waals surface area contributed by atoms with Crippen LogP contribution in [0.4, 0.5) is 5.69 Å². The minimum absolute atomic E-state index is 0.203. The molecule has 0 heterocycles. The van der Waals surface area contributed by atoms with Crippen molar-refractivity contribution >= 4 is 34.8 Å². The Labute approximate surface area is 155 Å². The summed E-state index contributed by atoms with van der Waals surface area (Å²) >= 11 is 11.7. The number of hydrogen-bond acceptors (Lipinski definition) is 2. The highest BCUT2D eigenvalue weighted by Gasteiger charge is 2.16. The van der Waals surface area contributed by atoms with Gasteiger partial charge in [-0.15, -0.1) is 23.2 Å². The number of carbonyl (C=O) groups excluding carboxylic acids is 1. The number of halogens is 2. The Balaban J connectivity index is 1.73. The van der Waals surface area contributed by atoms with Crippen molar-refractivity contribution in [1.82, 2.24) is 5.32 Å². The summed E-state index contributed by atoms with van der Waals surface area (Å²) in [5, 5.41) is 3.15. The number of anilines is 1. The molecule has 134 valence electrons. The standard InChI is InChI=1S/C19H28Cl2N2O/c20-12-14-23(15-13-21)18-10-8-16(9-11-18)4-3-7-19(24)22-17-5-1-2-6-17/h8-11,17H,1-7,12-15H2,(H,22,24). The number of amides is 1. The third-order valence-electron chi connectivity index (χ3n) is 4.60. The van der Waals surface area contributed by atoms with Crippen molar-refractivity contribution in [2.45, 2.75) is 51.0 Å². The van der Waals surface area contributed by atoms with Gasteiger partial charge >= 0.3 is 0 Å². The van der Waals surface area contributed by atoms with Gasteiger partial charge in [0.2, 0.25) is 5.91 Å². The van der Waals surface area contributed by atoms with Crippen LogP contribution in [0, 0.1) is 0 Å². The molecular formula is C19H28Cl2N2O. The zero-order valence-electron chi connectivity index (χ0n) is 14.3. The van der Waals surface area contributed by atoms with Crippen LogP contribution in [-0.2, 0) is 11.2 Å². The maximum absolute atomic E-state index is 11.9. The first kappa shape index (κ1) is 19.4. The van der Waals surface area contributed by atoms with Gasteiger partial charge in [0, 0.05) is 43.0 Å². The second-order valence-corrected chi connectivity index (χ2v) is 7.19. The van der Waals surface area contributed by atoms with Crippen molar-refractivity contribution in [3.63, 3.8) is 0 Å². The molecule has 0 bridgehead atoms. The van der Waals surface area contributed by atoms with Gasteiger partial charge < -0.3 is 10.2 Å². The number of nitrogens with zero attached hydrogens (tertiary/aromatic N) is 1. The summed E-state index contributed by atoms with van der Waals surface area (Å²) in [6, 6.07) is 8.94. The van der Waals surface area contributed by atoms with E-state index in [0.717, 1.165) is 44.5 Å². The summed E-state index contributed by atoms with van der Waals surface area (Å²) in [5.41, 5.74) is 2.42. The third kappa shape index (κ3) is 6.52. The molecule has 2 rings (SSSR count). The fourth-order valence-corrected chi connectivity index (χ4v) is 3.68. The molecule has 24 heavy (non-hydrogen) atoms. The van der Waals surface area contributed by atoms with Gasteiger partial charge in [0.25, 0.3) is 0 Å². The first-order chi connectivity index (χ1) is 11.7. The van der Waals surface area contributed by atoms with Crippen molar-refractivity contribution in [2.75, 3.05) is 29.7 Å². The van der Waals surface area contributed by atoms with Gasteiger partial charge in [-0.05, 0) is 43.4 Å². The van der Waals surface area contributed by atoms with Gasteiger partial charge in [0.15, 0.2) is 0 Å². The molecule has 0 aliphatic heterocycles. The van der Waals surface area contributed by atoms with Crippen LogP contribution < -0.4 is 10.2 Å². The summed E-state index contributed by atoms with van der Waals surface area (Å²) in [4.78, 5) is 14.1. The number of hydrogen-bond donors (Lipinski definition) is 1. The lowest BCUT2D eigenvalue weighted by atomic mass is 10.1. The molecule has 0 unspecified atom stereocenters. The molecule has 0 saturated heterocycles. The van der Waals surface area contributed by atoms with Crippen LogP contribution in [0.5, 0.6) is 0 Å². The Hall–Kier alpha value is -0.930. The fourth-order valence-electron chi connectivity index (χ4n) is 3.27. The van der Waals surface area contributed by atoms with Crippen LogP contribution in [0.25, 0.3) is 0 Å². The molecule has 5 heteroatoms. The normalized spacial score (nSPS) is 14.8. The lowest BCUT2D eigenvalue weighted by Gasteiger charge is -2.23. The zero-order chi connectivity index (χ0) is 17.2. The molecule has 0 aromatic heterocycles. The van der Waals surface area contributed by atoms with Gasteiger partial charge in [0.05, 0.1) is 0 Å². The first-order valence-electron chi connectivity index (χ1n) is 8.98. The molecule has 1 N–H and O–H groups in total. The maximum Gasteiger partial charge on any atom is 0.220 e. The molecule has 1 aromatic carbocycles. The summed E-state index contributed by atoms with van der Waals surface area (Å²) in [6.07, 6.45) is 7.24. The number of carbonyl (C=O) groups is 1. The minimum atomic E-state index is 0.203. The second kappa shape index (κ2) is 10.8. The van der Waals surface area contributed by atoms with E-state index in [-0.39, 0.29) is 5.91 Å². The van der Waals surface area contributed by atoms with Crippen LogP contribution in [0.2, 0.25) is 0 Å². The summed E-state index contributed by atoms with van der Waals surface area (Å²) < 4.78 is 0. The molecular weight excluding hydrogens is 343 g/mol. The number of rotatable bonds is 10. The largest absolute Gasteiger partial charge is 0.369 e. The molecule has 1 saturated carbocycles. The van der Waals surface area contributed by atoms with E-state index in [1.54, 1.807) is 0 Å². The average molecular weight is 371 g/mol. The first-order valence-corrected chi connectivity index (χ1v) is 10.0. The maximum atomic E-state index is 11.9. The molecule has 0 radical (unpaired) electrons. The van der Waals surface area contributed by atoms with Crippen LogP contribution in [-0.4, -0.2) is 36.8 Å². The molecule has 0 spiro atoms. The van der Waals surface area contributed by atoms with E-state index in [1.165, 1.54) is 18.4 Å². The van der Waals surface area contributed by atoms with E-state index in [0.29, 0.717) is 24.2 Å². The van der Waals surface area contributed by atoms with Gasteiger partial charge in [-0.2, -0.15) is 0 Å². The van der Waals surface area contributed by atoms with E-state index in [2.05, 4.69) is 34.5 Å². The minimum Gasteiger partial charge on any atom is -0.369 e. The lowest BCUT2D eigenvalue weighted by Crippen LogP contribution is -2.32. The highest BCUT2D eigenvalue weighted by Crippen LogP contribution is 2.19. The van der Waals surface area contributed by atoms with Gasteiger partial charge in [-0.1, -0.05) is 25.0 Å². The SMILES string of the molecule is O=C(CCCc1ccc(N(CCCl)CCCl)cc1)NC1CCCC1. The summed E-state index contributed by atoms with van der Waals surface area (Å²) in [5.74, 6) is 1.39. The van der Waals surface area contributed by atoms with E-state index in [4.69, 9.17) is 23.2 Å². The summed E-state index contributed by atoms with van der Waals surface area (Å²) in [7, 11) is 0. The Bertz CT molecular complexity index is 481. The zero-order valence-corrected chi connectivity index (χ0v) is 15.8. The second-order valence-electron chi connectivity index (χ2n) is 6.43. The lowest BCUT2D eigenvalue weighted by molar-refractivity contribution is -0.121. The molecule has 1 aliphatic carbocycles. The molecule has 3 nitrogen and oxygen atoms in total. The van der Waals surface area contributed by atoms with E-state index >= 15 is 0 Å². The van der Waals surface area contributed by atoms with Crippen molar-refractivity contribution in [2.24, 2.45) is 0 Å². The fraction of sp³-hybridized carbons (Fsp3) is 0.632. The number of alkyl halides is 2. The highest BCUT2D eigenvalue weighted by molar-refractivity contribution is 6.18. The van der Waals surface area contributed by atoms with Crippen LogP contribution in [0.15, 0.2) is 24.3 Å². The smallest absolute Gasteiger partial charge is 0.220 e. The van der Waals surface area contributed by atoms with Crippen molar-refractivity contribution in [3.8, 4) is 0 Å². The predicted molar refractivity (Wildman–Crippen MR) is 103 cm³/mol. The van der Waals surface area contributed by atoms with Gasteiger partial charge in [-0.3, -0.25) is 4.79 Å². The third-order valence-corrected chi connectivity index (χ3v) is 4.94. The number of aryl methyl sites for hydroxylation is 1. The van der Waals surface area contributed by atoms with Crippen LogP contribution in [0.1, 0.15) is 44.1 Å². The molecule has 1 aromatic rings. The quantitative estimate of drug-likeness (QED) is 0.620. The Morgan fingerprint density at radius 3 is 2.29 bits per heavy atom. The van der Waals surface area contributed by atoms with Crippen LogP contribution in [0.3, 0.4) is 0 Å². The Morgan fingerprint density at radius 2 is 1.71 bits per heavy atom. The van der Waals surface area contributed by atoms with Crippen molar-refractivity contribution in [3.05, 3.63) is 29.8 Å². The number of nitrogens with one attached hydrogen (secondary N) is 1. The number of benzene rings is 1. The predicted octanol–water partition coefficient (Wildman–Crippen LogP) is 4.35. The van der Waals surface area contributed by atoms with E-state index in [1.807, 2.05) is 0 Å². The molecule has 1 fully saturated rings.